The standard InChI is InChI=1S/C9H13IN4/c10-8-4-12-6-13-9(8)14-3-1-2-7(11)5-14/h4,6-7H,1-3,5,11H2. The molecule has 76 valence electrons. The SMILES string of the molecule is NC1CCCN(c2ncncc2I)C1. The van der Waals surface area contributed by atoms with Crippen molar-refractivity contribution in [1.29, 1.82) is 0 Å². The van der Waals surface area contributed by atoms with E-state index in [1.165, 1.54) is 0 Å². The molecule has 1 unspecified atom stereocenters. The Balaban J connectivity index is 2.18. The lowest BCUT2D eigenvalue weighted by Crippen LogP contribution is -2.43. The number of hydrogen-bond donors (Lipinski definition) is 1. The van der Waals surface area contributed by atoms with E-state index in [0.29, 0.717) is 0 Å². The molecule has 4 nitrogen and oxygen atoms in total. The Bertz CT molecular complexity index is 317. The largest absolute Gasteiger partial charge is 0.354 e. The fraction of sp³-hybridized carbons (Fsp3) is 0.556. The van der Waals surface area contributed by atoms with Crippen LogP contribution in [-0.2, 0) is 0 Å². The van der Waals surface area contributed by atoms with E-state index in [0.717, 1.165) is 35.3 Å². The van der Waals surface area contributed by atoms with Crippen LogP contribution in [0.4, 0.5) is 5.82 Å². The van der Waals surface area contributed by atoms with Crippen LogP contribution < -0.4 is 10.6 Å². The third kappa shape index (κ3) is 2.14. The van der Waals surface area contributed by atoms with Gasteiger partial charge in [0, 0.05) is 25.3 Å². The Labute approximate surface area is 97.1 Å². The topological polar surface area (TPSA) is 55.0 Å². The first-order valence-corrected chi connectivity index (χ1v) is 5.81. The molecular formula is C9H13IN4. The molecule has 0 bridgehead atoms. The molecule has 14 heavy (non-hydrogen) atoms. The van der Waals surface area contributed by atoms with E-state index in [2.05, 4.69) is 37.5 Å². The molecule has 0 radical (unpaired) electrons. The van der Waals surface area contributed by atoms with Gasteiger partial charge < -0.3 is 10.6 Å². The van der Waals surface area contributed by atoms with Crippen molar-refractivity contribution in [3.63, 3.8) is 0 Å². The predicted octanol–water partition coefficient (Wildman–Crippen LogP) is 1.01. The first-order valence-electron chi connectivity index (χ1n) is 4.73. The third-order valence-corrected chi connectivity index (χ3v) is 3.17. The van der Waals surface area contributed by atoms with Crippen LogP contribution in [0, 0.1) is 3.57 Å². The van der Waals surface area contributed by atoms with Gasteiger partial charge in [0.2, 0.25) is 0 Å². The van der Waals surface area contributed by atoms with Gasteiger partial charge in [-0.2, -0.15) is 0 Å². The van der Waals surface area contributed by atoms with Crippen molar-refractivity contribution in [3.8, 4) is 0 Å². The molecule has 1 fully saturated rings. The van der Waals surface area contributed by atoms with Crippen LogP contribution in [0.25, 0.3) is 0 Å². The average Bonchev–Trinajstić information content (AvgIpc) is 2.18. The smallest absolute Gasteiger partial charge is 0.145 e. The van der Waals surface area contributed by atoms with Crippen molar-refractivity contribution in [3.05, 3.63) is 16.1 Å². The van der Waals surface area contributed by atoms with E-state index < -0.39 is 0 Å². The van der Waals surface area contributed by atoms with Crippen molar-refractivity contribution in [2.75, 3.05) is 18.0 Å². The summed E-state index contributed by atoms with van der Waals surface area (Å²) in [6.45, 7) is 1.97. The third-order valence-electron chi connectivity index (χ3n) is 2.41. The Kier molecular flexibility index (Phi) is 3.17. The van der Waals surface area contributed by atoms with Crippen molar-refractivity contribution in [2.24, 2.45) is 5.73 Å². The summed E-state index contributed by atoms with van der Waals surface area (Å²) in [5.41, 5.74) is 5.93. The average molecular weight is 304 g/mol. The van der Waals surface area contributed by atoms with Gasteiger partial charge >= 0.3 is 0 Å². The first-order chi connectivity index (χ1) is 6.77. The highest BCUT2D eigenvalue weighted by Crippen LogP contribution is 2.21. The van der Waals surface area contributed by atoms with Crippen LogP contribution in [0.2, 0.25) is 0 Å². The Morgan fingerprint density at radius 1 is 1.57 bits per heavy atom. The molecule has 1 aliphatic rings. The summed E-state index contributed by atoms with van der Waals surface area (Å²) in [5.74, 6) is 1.02. The van der Waals surface area contributed by atoms with E-state index in [1.54, 1.807) is 6.33 Å². The van der Waals surface area contributed by atoms with Crippen LogP contribution >= 0.6 is 22.6 Å². The first kappa shape index (κ1) is 10.1. The summed E-state index contributed by atoms with van der Waals surface area (Å²) in [6.07, 6.45) is 5.71. The molecule has 1 aromatic rings. The predicted molar refractivity (Wildman–Crippen MR) is 64.2 cm³/mol. The van der Waals surface area contributed by atoms with Gasteiger partial charge in [-0.25, -0.2) is 9.97 Å². The number of nitrogens with zero attached hydrogens (tertiary/aromatic N) is 3. The Hall–Kier alpha value is -0.430. The lowest BCUT2D eigenvalue weighted by atomic mass is 10.1. The normalized spacial score (nSPS) is 22.4. The number of halogens is 1. The molecule has 2 rings (SSSR count). The van der Waals surface area contributed by atoms with Gasteiger partial charge in [-0.15, -0.1) is 0 Å². The Morgan fingerprint density at radius 2 is 2.43 bits per heavy atom. The van der Waals surface area contributed by atoms with Gasteiger partial charge in [-0.05, 0) is 35.4 Å². The van der Waals surface area contributed by atoms with Crippen LogP contribution in [0.15, 0.2) is 12.5 Å². The van der Waals surface area contributed by atoms with E-state index in [-0.39, 0.29) is 6.04 Å². The summed E-state index contributed by atoms with van der Waals surface area (Å²) in [6, 6.07) is 0.287. The lowest BCUT2D eigenvalue weighted by molar-refractivity contribution is 0.502. The lowest BCUT2D eigenvalue weighted by Gasteiger charge is -2.31. The summed E-state index contributed by atoms with van der Waals surface area (Å²) >= 11 is 2.26. The van der Waals surface area contributed by atoms with Crippen molar-refractivity contribution < 1.29 is 0 Å². The number of nitrogens with two attached hydrogens (primary N) is 1. The summed E-state index contributed by atoms with van der Waals surface area (Å²) in [7, 11) is 0. The number of hydrogen-bond acceptors (Lipinski definition) is 4. The van der Waals surface area contributed by atoms with Crippen molar-refractivity contribution in [1.82, 2.24) is 9.97 Å². The van der Waals surface area contributed by atoms with Gasteiger partial charge in [0.1, 0.15) is 12.1 Å². The number of piperidine rings is 1. The molecule has 0 aliphatic carbocycles. The summed E-state index contributed by atoms with van der Waals surface area (Å²) in [5, 5.41) is 0. The van der Waals surface area contributed by atoms with E-state index in [9.17, 15) is 0 Å². The second kappa shape index (κ2) is 4.39. The van der Waals surface area contributed by atoms with E-state index in [4.69, 9.17) is 5.73 Å². The number of aromatic nitrogens is 2. The highest BCUT2D eigenvalue weighted by molar-refractivity contribution is 14.1. The maximum atomic E-state index is 5.93. The van der Waals surface area contributed by atoms with Gasteiger partial charge in [-0.3, -0.25) is 0 Å². The monoisotopic (exact) mass is 304 g/mol. The molecule has 1 atom stereocenters. The molecule has 0 saturated carbocycles. The van der Waals surface area contributed by atoms with Crippen molar-refractivity contribution in [2.45, 2.75) is 18.9 Å². The minimum Gasteiger partial charge on any atom is -0.354 e. The van der Waals surface area contributed by atoms with Crippen LogP contribution in [-0.4, -0.2) is 29.1 Å². The second-order valence-corrected chi connectivity index (χ2v) is 4.70. The zero-order valence-corrected chi connectivity index (χ0v) is 10.0. The highest BCUT2D eigenvalue weighted by Gasteiger charge is 2.19. The van der Waals surface area contributed by atoms with Gasteiger partial charge in [0.05, 0.1) is 3.57 Å². The fourth-order valence-corrected chi connectivity index (χ4v) is 2.38. The molecular weight excluding hydrogens is 291 g/mol. The molecule has 5 heteroatoms. The highest BCUT2D eigenvalue weighted by atomic mass is 127. The van der Waals surface area contributed by atoms with Crippen LogP contribution in [0.3, 0.4) is 0 Å². The van der Waals surface area contributed by atoms with Gasteiger partial charge in [0.15, 0.2) is 0 Å². The molecule has 0 spiro atoms. The quantitative estimate of drug-likeness (QED) is 0.787. The van der Waals surface area contributed by atoms with Gasteiger partial charge in [0.25, 0.3) is 0 Å². The minimum absolute atomic E-state index is 0.287. The molecule has 0 amide bonds. The van der Waals surface area contributed by atoms with Crippen molar-refractivity contribution >= 4 is 28.4 Å². The summed E-state index contributed by atoms with van der Waals surface area (Å²) < 4.78 is 1.10. The molecule has 1 aliphatic heterocycles. The summed E-state index contributed by atoms with van der Waals surface area (Å²) in [4.78, 5) is 10.5. The zero-order valence-electron chi connectivity index (χ0n) is 7.86. The molecule has 1 aromatic heterocycles. The molecule has 2 N–H and O–H groups in total. The number of anilines is 1. The van der Waals surface area contributed by atoms with Crippen LogP contribution in [0.5, 0.6) is 0 Å². The van der Waals surface area contributed by atoms with Gasteiger partial charge in [-0.1, -0.05) is 0 Å². The number of rotatable bonds is 1. The van der Waals surface area contributed by atoms with E-state index in [1.807, 2.05) is 6.20 Å². The Morgan fingerprint density at radius 3 is 3.14 bits per heavy atom. The minimum atomic E-state index is 0.287. The maximum absolute atomic E-state index is 5.93. The fourth-order valence-electron chi connectivity index (χ4n) is 1.74. The maximum Gasteiger partial charge on any atom is 0.145 e. The molecule has 1 saturated heterocycles. The van der Waals surface area contributed by atoms with E-state index >= 15 is 0 Å². The second-order valence-electron chi connectivity index (χ2n) is 3.54. The van der Waals surface area contributed by atoms with Crippen LogP contribution in [0.1, 0.15) is 12.8 Å². The molecule has 0 aromatic carbocycles. The zero-order chi connectivity index (χ0) is 9.97. The molecule has 2 heterocycles.